The summed E-state index contributed by atoms with van der Waals surface area (Å²) in [5.74, 6) is 5.80. The molecule has 2 N–H and O–H groups in total. The maximum atomic E-state index is 12.1. The first-order valence-corrected chi connectivity index (χ1v) is 6.68. The average molecular weight is 282 g/mol. The van der Waals surface area contributed by atoms with Gasteiger partial charge < -0.3 is 10.6 Å². The molecule has 0 aliphatic rings. The van der Waals surface area contributed by atoms with E-state index >= 15 is 0 Å². The Morgan fingerprint density at radius 2 is 2.14 bits per heavy atom. The number of hydrogen-bond donors (Lipinski definition) is 1. The molecule has 1 heterocycles. The van der Waals surface area contributed by atoms with Crippen molar-refractivity contribution >= 4 is 5.91 Å². The summed E-state index contributed by atoms with van der Waals surface area (Å²) in [6.07, 6.45) is 3.44. The topological polar surface area (TPSA) is 64.2 Å². The van der Waals surface area contributed by atoms with Gasteiger partial charge >= 0.3 is 0 Å². The Labute approximate surface area is 124 Å². The van der Waals surface area contributed by atoms with Gasteiger partial charge in [0.1, 0.15) is 6.54 Å². The van der Waals surface area contributed by atoms with E-state index in [1.807, 2.05) is 24.3 Å². The average Bonchev–Trinajstić information content (AvgIpc) is 2.99. The molecule has 0 aliphatic heterocycles. The Kier molecular flexibility index (Phi) is 5.13. The van der Waals surface area contributed by atoms with Crippen molar-refractivity contribution in [2.45, 2.75) is 13.1 Å². The van der Waals surface area contributed by atoms with E-state index in [2.05, 4.69) is 16.9 Å². The lowest BCUT2D eigenvalue weighted by Gasteiger charge is -2.17. The minimum Gasteiger partial charge on any atom is -0.340 e. The second kappa shape index (κ2) is 7.27. The number of carbonyl (C=O) groups excluding carboxylic acids is 1. The van der Waals surface area contributed by atoms with E-state index in [0.717, 1.165) is 11.1 Å². The zero-order chi connectivity index (χ0) is 15.1. The minimum absolute atomic E-state index is 0.0192. The van der Waals surface area contributed by atoms with Crippen LogP contribution in [0, 0.1) is 11.8 Å². The van der Waals surface area contributed by atoms with Crippen LogP contribution < -0.4 is 5.73 Å². The van der Waals surface area contributed by atoms with Gasteiger partial charge in [-0.05, 0) is 23.8 Å². The maximum Gasteiger partial charge on any atom is 0.244 e. The smallest absolute Gasteiger partial charge is 0.244 e. The molecule has 0 aliphatic carbocycles. The van der Waals surface area contributed by atoms with Gasteiger partial charge in [-0.15, -0.1) is 0 Å². The second-order valence-electron chi connectivity index (χ2n) is 4.66. The molecule has 2 aromatic rings. The van der Waals surface area contributed by atoms with Crippen LogP contribution in [0.3, 0.4) is 0 Å². The number of aromatic nitrogens is 2. The summed E-state index contributed by atoms with van der Waals surface area (Å²) in [6, 6.07) is 9.61. The molecule has 0 spiro atoms. The van der Waals surface area contributed by atoms with Crippen LogP contribution in [0.2, 0.25) is 0 Å². The molecule has 2 rings (SSSR count). The number of nitrogens with two attached hydrogens (primary N) is 1. The SMILES string of the molecule is CN(Cc1ccc(C#CCN)cc1)C(=O)Cn1cccn1. The highest BCUT2D eigenvalue weighted by atomic mass is 16.2. The first-order valence-electron chi connectivity index (χ1n) is 6.68. The van der Waals surface area contributed by atoms with E-state index in [-0.39, 0.29) is 12.5 Å². The number of benzene rings is 1. The Morgan fingerprint density at radius 1 is 1.38 bits per heavy atom. The lowest BCUT2D eigenvalue weighted by Crippen LogP contribution is -2.29. The van der Waals surface area contributed by atoms with E-state index in [0.29, 0.717) is 13.1 Å². The Morgan fingerprint density at radius 3 is 2.76 bits per heavy atom. The number of likely N-dealkylation sites (N-methyl/N-ethyl adjacent to an activating group) is 1. The van der Waals surface area contributed by atoms with Crippen molar-refractivity contribution in [2.24, 2.45) is 5.73 Å². The van der Waals surface area contributed by atoms with Crippen molar-refractivity contribution in [1.29, 1.82) is 0 Å². The molecule has 21 heavy (non-hydrogen) atoms. The van der Waals surface area contributed by atoms with Gasteiger partial charge in [-0.3, -0.25) is 9.48 Å². The summed E-state index contributed by atoms with van der Waals surface area (Å²) in [6.45, 7) is 1.17. The molecular formula is C16H18N4O. The normalized spacial score (nSPS) is 9.81. The summed E-state index contributed by atoms with van der Waals surface area (Å²) in [4.78, 5) is 13.7. The van der Waals surface area contributed by atoms with Crippen LogP contribution in [0.15, 0.2) is 42.7 Å². The molecular weight excluding hydrogens is 264 g/mol. The second-order valence-corrected chi connectivity index (χ2v) is 4.66. The fourth-order valence-electron chi connectivity index (χ4n) is 1.86. The molecule has 1 aromatic carbocycles. The van der Waals surface area contributed by atoms with Gasteiger partial charge in [-0.25, -0.2) is 0 Å². The fraction of sp³-hybridized carbons (Fsp3) is 0.250. The number of nitrogens with zero attached hydrogens (tertiary/aromatic N) is 3. The van der Waals surface area contributed by atoms with Crippen molar-refractivity contribution in [3.63, 3.8) is 0 Å². The monoisotopic (exact) mass is 282 g/mol. The summed E-state index contributed by atoms with van der Waals surface area (Å²) >= 11 is 0. The maximum absolute atomic E-state index is 12.1. The Balaban J connectivity index is 1.92. The van der Waals surface area contributed by atoms with Gasteiger partial charge in [0.25, 0.3) is 0 Å². The standard InChI is InChI=1S/C16H18N4O/c1-19(16(21)13-20-11-3-10-18-20)12-15-7-5-14(6-8-15)4-2-9-17/h3,5-8,10-11H,9,12-13,17H2,1H3. The molecule has 5 nitrogen and oxygen atoms in total. The Hall–Kier alpha value is -2.58. The van der Waals surface area contributed by atoms with E-state index < -0.39 is 0 Å². The van der Waals surface area contributed by atoms with Crippen molar-refractivity contribution in [1.82, 2.24) is 14.7 Å². The molecule has 0 bridgehead atoms. The lowest BCUT2D eigenvalue weighted by atomic mass is 10.1. The van der Waals surface area contributed by atoms with Gasteiger partial charge in [0.05, 0.1) is 6.54 Å². The van der Waals surface area contributed by atoms with Crippen LogP contribution in [-0.2, 0) is 17.9 Å². The van der Waals surface area contributed by atoms with Crippen LogP contribution >= 0.6 is 0 Å². The predicted molar refractivity (Wildman–Crippen MR) is 81.1 cm³/mol. The highest BCUT2D eigenvalue weighted by Crippen LogP contribution is 2.06. The van der Waals surface area contributed by atoms with Crippen LogP contribution in [0.1, 0.15) is 11.1 Å². The Bertz CT molecular complexity index is 635. The predicted octanol–water partition coefficient (Wildman–Crippen LogP) is 0.852. The zero-order valence-electron chi connectivity index (χ0n) is 12.0. The largest absolute Gasteiger partial charge is 0.340 e. The summed E-state index contributed by atoms with van der Waals surface area (Å²) in [5.41, 5.74) is 7.32. The molecule has 5 heteroatoms. The first kappa shape index (κ1) is 14.8. The molecule has 1 amide bonds. The van der Waals surface area contributed by atoms with E-state index in [1.165, 1.54) is 0 Å². The number of hydrogen-bond acceptors (Lipinski definition) is 3. The van der Waals surface area contributed by atoms with E-state index in [1.54, 1.807) is 35.1 Å². The molecule has 0 fully saturated rings. The van der Waals surface area contributed by atoms with Gasteiger partial charge in [0.15, 0.2) is 0 Å². The third-order valence-corrected chi connectivity index (χ3v) is 2.99. The number of rotatable bonds is 4. The third kappa shape index (κ3) is 4.48. The van der Waals surface area contributed by atoms with Crippen molar-refractivity contribution in [3.05, 3.63) is 53.9 Å². The molecule has 0 saturated carbocycles. The van der Waals surface area contributed by atoms with Gasteiger partial charge in [-0.2, -0.15) is 5.10 Å². The van der Waals surface area contributed by atoms with E-state index in [9.17, 15) is 4.79 Å². The summed E-state index contributed by atoms with van der Waals surface area (Å²) in [7, 11) is 1.79. The van der Waals surface area contributed by atoms with Gasteiger partial charge in [-0.1, -0.05) is 24.0 Å². The first-order chi connectivity index (χ1) is 10.2. The molecule has 1 aromatic heterocycles. The van der Waals surface area contributed by atoms with Crippen LogP contribution in [-0.4, -0.2) is 34.2 Å². The van der Waals surface area contributed by atoms with Gasteiger partial charge in [0.2, 0.25) is 5.91 Å². The van der Waals surface area contributed by atoms with Crippen LogP contribution in [0.4, 0.5) is 0 Å². The molecule has 0 unspecified atom stereocenters. The third-order valence-electron chi connectivity index (χ3n) is 2.99. The quantitative estimate of drug-likeness (QED) is 0.846. The van der Waals surface area contributed by atoms with Gasteiger partial charge in [0, 0.05) is 31.5 Å². The molecule has 0 radical (unpaired) electrons. The van der Waals surface area contributed by atoms with Crippen LogP contribution in [0.5, 0.6) is 0 Å². The summed E-state index contributed by atoms with van der Waals surface area (Å²) < 4.78 is 1.62. The summed E-state index contributed by atoms with van der Waals surface area (Å²) in [5, 5.41) is 4.03. The molecule has 108 valence electrons. The minimum atomic E-state index is 0.0192. The van der Waals surface area contributed by atoms with Crippen molar-refractivity contribution < 1.29 is 4.79 Å². The fourth-order valence-corrected chi connectivity index (χ4v) is 1.86. The lowest BCUT2D eigenvalue weighted by molar-refractivity contribution is -0.131. The number of carbonyl (C=O) groups is 1. The highest BCUT2D eigenvalue weighted by Gasteiger charge is 2.10. The molecule has 0 atom stereocenters. The highest BCUT2D eigenvalue weighted by molar-refractivity contribution is 5.75. The van der Waals surface area contributed by atoms with Crippen LogP contribution in [0.25, 0.3) is 0 Å². The number of amides is 1. The molecule has 0 saturated heterocycles. The van der Waals surface area contributed by atoms with Crippen molar-refractivity contribution in [3.8, 4) is 11.8 Å². The van der Waals surface area contributed by atoms with E-state index in [4.69, 9.17) is 5.73 Å². The van der Waals surface area contributed by atoms with Crippen molar-refractivity contribution in [2.75, 3.05) is 13.6 Å². The zero-order valence-corrected chi connectivity index (χ0v) is 12.0.